The predicted octanol–water partition coefficient (Wildman–Crippen LogP) is 1.04. The van der Waals surface area contributed by atoms with Gasteiger partial charge in [0.2, 0.25) is 5.95 Å². The minimum atomic E-state index is -0.188. The molecule has 0 fully saturated rings. The van der Waals surface area contributed by atoms with Gasteiger partial charge in [-0.1, -0.05) is 0 Å². The Hall–Kier alpha value is -1.91. The first kappa shape index (κ1) is 8.68. The molecule has 2 aromatic rings. The summed E-state index contributed by atoms with van der Waals surface area (Å²) in [6.07, 6.45) is 0. The topological polar surface area (TPSA) is 72.4 Å². The lowest BCUT2D eigenvalue weighted by atomic mass is 10.3. The van der Waals surface area contributed by atoms with E-state index in [1.165, 1.54) is 6.07 Å². The van der Waals surface area contributed by atoms with E-state index in [1.807, 2.05) is 14.1 Å². The molecule has 5 nitrogen and oxygen atoms in total. The smallest absolute Gasteiger partial charge is 0.203 e. The van der Waals surface area contributed by atoms with Crippen molar-refractivity contribution in [2.24, 2.45) is 0 Å². The molecule has 1 aromatic heterocycles. The molecule has 2 rings (SSSR count). The molecular formula is C9H11N3O2. The van der Waals surface area contributed by atoms with E-state index in [1.54, 1.807) is 11.0 Å². The lowest BCUT2D eigenvalue weighted by molar-refractivity contribution is 0.407. The van der Waals surface area contributed by atoms with E-state index in [-0.39, 0.29) is 11.5 Å². The van der Waals surface area contributed by atoms with Crippen molar-refractivity contribution in [1.82, 2.24) is 9.97 Å². The summed E-state index contributed by atoms with van der Waals surface area (Å²) >= 11 is 0. The maximum atomic E-state index is 9.50. The molecule has 0 atom stereocenters. The zero-order valence-corrected chi connectivity index (χ0v) is 7.94. The van der Waals surface area contributed by atoms with Crippen molar-refractivity contribution in [2.45, 2.75) is 0 Å². The van der Waals surface area contributed by atoms with E-state index < -0.39 is 0 Å². The first-order chi connectivity index (χ1) is 6.59. The highest BCUT2D eigenvalue weighted by Crippen LogP contribution is 2.32. The summed E-state index contributed by atoms with van der Waals surface area (Å²) in [5.74, 6) is 0.294. The Kier molecular flexibility index (Phi) is 1.73. The third kappa shape index (κ3) is 1.14. The fourth-order valence-electron chi connectivity index (χ4n) is 1.25. The number of aromatic hydroxyl groups is 2. The first-order valence-electron chi connectivity index (χ1n) is 4.17. The van der Waals surface area contributed by atoms with Crippen molar-refractivity contribution in [3.63, 3.8) is 0 Å². The van der Waals surface area contributed by atoms with Crippen LogP contribution in [0.5, 0.6) is 11.5 Å². The molecule has 0 bridgehead atoms. The molecule has 0 radical (unpaired) electrons. The monoisotopic (exact) mass is 193 g/mol. The molecule has 0 spiro atoms. The van der Waals surface area contributed by atoms with Crippen molar-refractivity contribution in [1.29, 1.82) is 0 Å². The second-order valence-corrected chi connectivity index (χ2v) is 3.28. The van der Waals surface area contributed by atoms with Gasteiger partial charge in [-0.05, 0) is 12.1 Å². The van der Waals surface area contributed by atoms with Gasteiger partial charge >= 0.3 is 0 Å². The van der Waals surface area contributed by atoms with Crippen molar-refractivity contribution in [3.05, 3.63) is 12.1 Å². The summed E-state index contributed by atoms with van der Waals surface area (Å²) in [6, 6.07) is 3.10. The Balaban J connectivity index is 2.71. The summed E-state index contributed by atoms with van der Waals surface area (Å²) < 4.78 is 0. The van der Waals surface area contributed by atoms with E-state index in [0.717, 1.165) is 0 Å². The highest BCUT2D eigenvalue weighted by Gasteiger charge is 2.10. The third-order valence-corrected chi connectivity index (χ3v) is 2.02. The number of aromatic amines is 1. The van der Waals surface area contributed by atoms with Gasteiger partial charge in [0.25, 0.3) is 0 Å². The Labute approximate surface area is 80.6 Å². The maximum absolute atomic E-state index is 9.50. The van der Waals surface area contributed by atoms with Crippen LogP contribution in [0.3, 0.4) is 0 Å². The molecule has 0 amide bonds. The van der Waals surface area contributed by atoms with Crippen molar-refractivity contribution in [2.75, 3.05) is 19.0 Å². The molecule has 14 heavy (non-hydrogen) atoms. The van der Waals surface area contributed by atoms with Gasteiger partial charge in [0.15, 0.2) is 11.5 Å². The van der Waals surface area contributed by atoms with Crippen molar-refractivity contribution < 1.29 is 10.2 Å². The minimum Gasteiger partial charge on any atom is -0.504 e. The number of imidazole rings is 1. The fraction of sp³-hybridized carbons (Fsp3) is 0.222. The van der Waals surface area contributed by atoms with Crippen LogP contribution in [0.4, 0.5) is 5.95 Å². The molecule has 0 aliphatic heterocycles. The van der Waals surface area contributed by atoms with Crippen LogP contribution in [0.2, 0.25) is 0 Å². The molecular weight excluding hydrogens is 182 g/mol. The van der Waals surface area contributed by atoms with Gasteiger partial charge in [0.05, 0.1) is 5.52 Å². The predicted molar refractivity (Wildman–Crippen MR) is 53.8 cm³/mol. The maximum Gasteiger partial charge on any atom is 0.203 e. The average molecular weight is 193 g/mol. The van der Waals surface area contributed by atoms with Gasteiger partial charge in [-0.25, -0.2) is 4.98 Å². The first-order valence-corrected chi connectivity index (χ1v) is 4.17. The highest BCUT2D eigenvalue weighted by atomic mass is 16.3. The van der Waals surface area contributed by atoms with E-state index in [4.69, 9.17) is 0 Å². The van der Waals surface area contributed by atoms with Gasteiger partial charge in [-0.2, -0.15) is 0 Å². The number of benzene rings is 1. The third-order valence-electron chi connectivity index (χ3n) is 2.02. The quantitative estimate of drug-likeness (QED) is 0.592. The molecule has 1 aromatic carbocycles. The van der Waals surface area contributed by atoms with Gasteiger partial charge in [-0.3, -0.25) is 0 Å². The molecule has 0 unspecified atom stereocenters. The number of hydrogen-bond acceptors (Lipinski definition) is 4. The normalized spacial score (nSPS) is 10.7. The summed E-state index contributed by atoms with van der Waals surface area (Å²) in [7, 11) is 3.68. The van der Waals surface area contributed by atoms with Crippen LogP contribution < -0.4 is 4.90 Å². The van der Waals surface area contributed by atoms with Gasteiger partial charge in [-0.15, -0.1) is 0 Å². The molecule has 0 aliphatic carbocycles. The second-order valence-electron chi connectivity index (χ2n) is 3.28. The van der Waals surface area contributed by atoms with E-state index in [2.05, 4.69) is 9.97 Å². The Morgan fingerprint density at radius 1 is 1.29 bits per heavy atom. The summed E-state index contributed by atoms with van der Waals surface area (Å²) in [6.45, 7) is 0. The van der Waals surface area contributed by atoms with Crippen molar-refractivity contribution in [3.8, 4) is 11.5 Å². The van der Waals surface area contributed by atoms with Crippen LogP contribution in [0.1, 0.15) is 0 Å². The highest BCUT2D eigenvalue weighted by molar-refractivity contribution is 5.85. The van der Waals surface area contributed by atoms with Crippen LogP contribution in [0.15, 0.2) is 12.1 Å². The molecule has 0 saturated carbocycles. The number of phenolic OH excluding ortho intramolecular Hbond substituents is 2. The van der Waals surface area contributed by atoms with E-state index >= 15 is 0 Å². The molecule has 3 N–H and O–H groups in total. The lowest BCUT2D eigenvalue weighted by Crippen LogP contribution is -2.09. The number of hydrogen-bond donors (Lipinski definition) is 3. The summed E-state index contributed by atoms with van der Waals surface area (Å²) in [4.78, 5) is 8.93. The Morgan fingerprint density at radius 2 is 2.00 bits per heavy atom. The number of nitrogens with zero attached hydrogens (tertiary/aromatic N) is 2. The standard InChI is InChI=1S/C9H11N3O2/c1-12(2)9-10-5-3-4-6(13)8(14)7(5)11-9/h3-4,13-14H,1-2H3,(H,10,11). The van der Waals surface area contributed by atoms with E-state index in [0.29, 0.717) is 17.0 Å². The molecule has 0 aliphatic rings. The SMILES string of the molecule is CN(C)c1nc2c(O)c(O)ccc2[nH]1. The summed E-state index contributed by atoms with van der Waals surface area (Å²) in [5.41, 5.74) is 1.08. The number of fused-ring (bicyclic) bond motifs is 1. The van der Waals surface area contributed by atoms with Crippen LogP contribution in [-0.2, 0) is 0 Å². The molecule has 5 heteroatoms. The fourth-order valence-corrected chi connectivity index (χ4v) is 1.25. The van der Waals surface area contributed by atoms with Gasteiger partial charge in [0.1, 0.15) is 5.52 Å². The van der Waals surface area contributed by atoms with E-state index in [9.17, 15) is 10.2 Å². The number of aromatic nitrogens is 2. The second kappa shape index (κ2) is 2.80. The Bertz CT molecular complexity index is 476. The van der Waals surface area contributed by atoms with Crippen LogP contribution >= 0.6 is 0 Å². The lowest BCUT2D eigenvalue weighted by Gasteiger charge is -2.05. The molecule has 0 saturated heterocycles. The van der Waals surface area contributed by atoms with Gasteiger partial charge < -0.3 is 20.1 Å². The Morgan fingerprint density at radius 3 is 2.64 bits per heavy atom. The number of H-pyrrole nitrogens is 1. The van der Waals surface area contributed by atoms with Crippen molar-refractivity contribution >= 4 is 17.0 Å². The van der Waals surface area contributed by atoms with Crippen LogP contribution in [0.25, 0.3) is 11.0 Å². The summed E-state index contributed by atoms with van der Waals surface area (Å²) in [5, 5.41) is 18.7. The number of phenols is 2. The number of nitrogens with one attached hydrogen (secondary N) is 1. The number of rotatable bonds is 1. The molecule has 74 valence electrons. The molecule has 1 heterocycles. The largest absolute Gasteiger partial charge is 0.504 e. The zero-order chi connectivity index (χ0) is 10.3. The van der Waals surface area contributed by atoms with Crippen LogP contribution in [-0.4, -0.2) is 34.3 Å². The average Bonchev–Trinajstić information content (AvgIpc) is 2.56. The minimum absolute atomic E-state index is 0.158. The number of anilines is 1. The van der Waals surface area contributed by atoms with Gasteiger partial charge in [0, 0.05) is 14.1 Å². The zero-order valence-electron chi connectivity index (χ0n) is 7.94. The van der Waals surface area contributed by atoms with Crippen LogP contribution in [0, 0.1) is 0 Å².